The van der Waals surface area contributed by atoms with E-state index in [1.54, 1.807) is 0 Å². The molecule has 0 N–H and O–H groups in total. The fourth-order valence-corrected chi connectivity index (χ4v) is 2.99. The second kappa shape index (κ2) is 6.04. The Morgan fingerprint density at radius 3 is 1.55 bits per heavy atom. The molecule has 0 saturated carbocycles. The van der Waals surface area contributed by atoms with E-state index < -0.39 is 10.8 Å². The molecule has 2 rings (SSSR count). The second-order valence-electron chi connectivity index (χ2n) is 6.79. The minimum absolute atomic E-state index is 0.179. The summed E-state index contributed by atoms with van der Waals surface area (Å²) in [5, 5.41) is 0. The van der Waals surface area contributed by atoms with E-state index in [9.17, 15) is 9.59 Å². The van der Waals surface area contributed by atoms with Crippen molar-refractivity contribution >= 4 is 11.6 Å². The van der Waals surface area contributed by atoms with Gasteiger partial charge in [-0.3, -0.25) is 9.59 Å². The molecule has 0 aliphatic heterocycles. The number of rotatable bonds is 4. The summed E-state index contributed by atoms with van der Waals surface area (Å²) in [7, 11) is 0. The van der Waals surface area contributed by atoms with Crippen LogP contribution in [0.3, 0.4) is 0 Å². The second-order valence-corrected chi connectivity index (χ2v) is 6.79. The van der Waals surface area contributed by atoms with Gasteiger partial charge in [-0.25, -0.2) is 0 Å². The van der Waals surface area contributed by atoms with Crippen molar-refractivity contribution in [3.05, 3.63) is 59.8 Å². The SMILES string of the molecule is CC1=CC=CC(C)(C/C=C/CC2(C)C=CC=C(C)C2=O)C1=O. The number of Topliss-reactive ketones (excluding diaryl/α,β-unsaturated/α-hetero) is 2. The molecule has 0 heterocycles. The standard InChI is InChI=1S/C20H24O2/c1-15-9-7-13-19(3,17(15)21)11-5-6-12-20(4)14-8-10-16(2)18(20)22/h5-10,13-14H,11-12H2,1-4H3/b6-5+. The summed E-state index contributed by atoms with van der Waals surface area (Å²) >= 11 is 0. The van der Waals surface area contributed by atoms with E-state index >= 15 is 0 Å². The van der Waals surface area contributed by atoms with Crippen LogP contribution >= 0.6 is 0 Å². The maximum atomic E-state index is 12.3. The van der Waals surface area contributed by atoms with Gasteiger partial charge in [-0.15, -0.1) is 0 Å². The zero-order valence-electron chi connectivity index (χ0n) is 13.8. The van der Waals surface area contributed by atoms with Crippen LogP contribution in [-0.4, -0.2) is 11.6 Å². The Balaban J connectivity index is 2.00. The lowest BCUT2D eigenvalue weighted by atomic mass is 9.75. The molecule has 2 atom stereocenters. The van der Waals surface area contributed by atoms with Crippen LogP contribution in [0.1, 0.15) is 40.5 Å². The van der Waals surface area contributed by atoms with E-state index in [2.05, 4.69) is 0 Å². The first-order valence-electron chi connectivity index (χ1n) is 7.75. The fraction of sp³-hybridized carbons (Fsp3) is 0.400. The van der Waals surface area contributed by atoms with Crippen LogP contribution in [0.4, 0.5) is 0 Å². The van der Waals surface area contributed by atoms with Crippen LogP contribution < -0.4 is 0 Å². The number of ketones is 2. The molecule has 0 spiro atoms. The molecular weight excluding hydrogens is 272 g/mol. The maximum absolute atomic E-state index is 12.3. The van der Waals surface area contributed by atoms with E-state index in [1.807, 2.05) is 76.3 Å². The Hall–Kier alpha value is -1.96. The fourth-order valence-electron chi connectivity index (χ4n) is 2.99. The lowest BCUT2D eigenvalue weighted by Crippen LogP contribution is -2.28. The molecule has 0 aromatic rings. The molecule has 0 aromatic carbocycles. The van der Waals surface area contributed by atoms with Crippen molar-refractivity contribution in [3.63, 3.8) is 0 Å². The molecule has 0 amide bonds. The molecule has 0 fully saturated rings. The monoisotopic (exact) mass is 296 g/mol. The maximum Gasteiger partial charge on any atom is 0.168 e. The highest BCUT2D eigenvalue weighted by Gasteiger charge is 2.33. The number of hydrogen-bond donors (Lipinski definition) is 0. The summed E-state index contributed by atoms with van der Waals surface area (Å²) in [6.45, 7) is 7.64. The summed E-state index contributed by atoms with van der Waals surface area (Å²) in [5.41, 5.74) is 0.685. The number of hydrogen-bond acceptors (Lipinski definition) is 2. The van der Waals surface area contributed by atoms with Gasteiger partial charge < -0.3 is 0 Å². The number of carbonyl (C=O) groups excluding carboxylic acids is 2. The highest BCUT2D eigenvalue weighted by atomic mass is 16.1. The molecule has 0 bridgehead atoms. The predicted molar refractivity (Wildman–Crippen MR) is 90.4 cm³/mol. The predicted octanol–water partition coefficient (Wildman–Crippen LogP) is 4.51. The van der Waals surface area contributed by atoms with Crippen LogP contribution in [0.25, 0.3) is 0 Å². The van der Waals surface area contributed by atoms with Gasteiger partial charge in [0.2, 0.25) is 0 Å². The van der Waals surface area contributed by atoms with E-state index in [1.165, 1.54) is 0 Å². The van der Waals surface area contributed by atoms with E-state index in [-0.39, 0.29) is 11.6 Å². The molecule has 116 valence electrons. The minimum Gasteiger partial charge on any atom is -0.294 e. The van der Waals surface area contributed by atoms with E-state index in [0.29, 0.717) is 12.8 Å². The number of allylic oxidation sites excluding steroid dienone is 10. The molecule has 2 unspecified atom stereocenters. The number of carbonyl (C=O) groups is 2. The van der Waals surface area contributed by atoms with Crippen molar-refractivity contribution in [1.29, 1.82) is 0 Å². The smallest absolute Gasteiger partial charge is 0.168 e. The van der Waals surface area contributed by atoms with Crippen molar-refractivity contribution in [2.75, 3.05) is 0 Å². The third-order valence-electron chi connectivity index (χ3n) is 4.62. The van der Waals surface area contributed by atoms with Gasteiger partial charge in [0.05, 0.1) is 10.8 Å². The van der Waals surface area contributed by atoms with Crippen molar-refractivity contribution < 1.29 is 9.59 Å². The lowest BCUT2D eigenvalue weighted by Gasteiger charge is -2.27. The molecule has 2 heteroatoms. The molecule has 0 saturated heterocycles. The Kier molecular flexibility index (Phi) is 4.50. The zero-order chi connectivity index (χ0) is 16.4. The van der Waals surface area contributed by atoms with Gasteiger partial charge >= 0.3 is 0 Å². The van der Waals surface area contributed by atoms with Gasteiger partial charge in [0.25, 0.3) is 0 Å². The van der Waals surface area contributed by atoms with Gasteiger partial charge in [0.15, 0.2) is 11.6 Å². The lowest BCUT2D eigenvalue weighted by molar-refractivity contribution is -0.122. The third-order valence-corrected chi connectivity index (χ3v) is 4.62. The van der Waals surface area contributed by atoms with Crippen LogP contribution in [0.15, 0.2) is 59.8 Å². The minimum atomic E-state index is -0.460. The summed E-state index contributed by atoms with van der Waals surface area (Å²) in [6.07, 6.45) is 16.9. The molecule has 2 aliphatic carbocycles. The van der Waals surface area contributed by atoms with Crippen LogP contribution in [0.2, 0.25) is 0 Å². The first-order chi connectivity index (χ1) is 10.3. The van der Waals surface area contributed by atoms with Crippen LogP contribution in [0, 0.1) is 10.8 Å². The van der Waals surface area contributed by atoms with E-state index in [4.69, 9.17) is 0 Å². The molecule has 0 radical (unpaired) electrons. The summed E-state index contributed by atoms with van der Waals surface area (Å²) < 4.78 is 0. The zero-order valence-corrected chi connectivity index (χ0v) is 13.8. The van der Waals surface area contributed by atoms with E-state index in [0.717, 1.165) is 11.1 Å². The summed E-state index contributed by atoms with van der Waals surface area (Å²) in [6, 6.07) is 0. The van der Waals surface area contributed by atoms with Crippen LogP contribution in [0.5, 0.6) is 0 Å². The Bertz CT molecular complexity index is 587. The average molecular weight is 296 g/mol. The van der Waals surface area contributed by atoms with Gasteiger partial charge in [-0.05, 0) is 51.7 Å². The Morgan fingerprint density at radius 1 is 0.818 bits per heavy atom. The summed E-state index contributed by atoms with van der Waals surface area (Å²) in [4.78, 5) is 24.5. The van der Waals surface area contributed by atoms with Crippen molar-refractivity contribution in [3.8, 4) is 0 Å². The normalized spacial score (nSPS) is 31.6. The largest absolute Gasteiger partial charge is 0.294 e. The molecule has 22 heavy (non-hydrogen) atoms. The highest BCUT2D eigenvalue weighted by molar-refractivity contribution is 6.02. The topological polar surface area (TPSA) is 34.1 Å². The van der Waals surface area contributed by atoms with Crippen molar-refractivity contribution in [1.82, 2.24) is 0 Å². The van der Waals surface area contributed by atoms with Crippen molar-refractivity contribution in [2.24, 2.45) is 10.8 Å². The molecule has 0 aromatic heterocycles. The highest BCUT2D eigenvalue weighted by Crippen LogP contribution is 2.34. The Morgan fingerprint density at radius 2 is 1.18 bits per heavy atom. The average Bonchev–Trinajstić information content (AvgIpc) is 2.47. The first-order valence-corrected chi connectivity index (χ1v) is 7.75. The first kappa shape index (κ1) is 16.4. The van der Waals surface area contributed by atoms with Gasteiger partial charge in [-0.1, -0.05) is 48.6 Å². The Labute approximate surface area is 133 Å². The van der Waals surface area contributed by atoms with Crippen LogP contribution in [-0.2, 0) is 9.59 Å². The molecule has 2 aliphatic rings. The quantitative estimate of drug-likeness (QED) is 0.715. The van der Waals surface area contributed by atoms with Gasteiger partial charge in [-0.2, -0.15) is 0 Å². The van der Waals surface area contributed by atoms with Gasteiger partial charge in [0, 0.05) is 0 Å². The third kappa shape index (κ3) is 3.11. The molecular formula is C20H24O2. The van der Waals surface area contributed by atoms with Crippen molar-refractivity contribution in [2.45, 2.75) is 40.5 Å². The molecule has 2 nitrogen and oxygen atoms in total. The summed E-state index contributed by atoms with van der Waals surface area (Å²) in [5.74, 6) is 0.358. The van der Waals surface area contributed by atoms with Gasteiger partial charge in [0.1, 0.15) is 0 Å².